The van der Waals surface area contributed by atoms with E-state index < -0.39 is 5.41 Å². The molecule has 0 N–H and O–H groups in total. The minimum Gasteiger partial charge on any atom is -0.247 e. The molecule has 298 valence electrons. The number of hydrogen-bond acceptors (Lipinski definition) is 4. The Kier molecular flexibility index (Phi) is 8.37. The minimum absolute atomic E-state index is 0.499. The molecule has 0 fully saturated rings. The fourth-order valence-corrected chi connectivity index (χ4v) is 11.5. The number of aromatic nitrogens is 3. The number of rotatable bonds is 5. The van der Waals surface area contributed by atoms with Crippen LogP contribution in [0.25, 0.3) is 89.1 Å². The molecule has 13 rings (SSSR count). The van der Waals surface area contributed by atoms with E-state index in [-0.39, 0.29) is 0 Å². The van der Waals surface area contributed by atoms with Crippen LogP contribution in [0.1, 0.15) is 22.3 Å². The number of hydrogen-bond donors (Lipinski definition) is 0. The van der Waals surface area contributed by atoms with Gasteiger partial charge in [-0.1, -0.05) is 200 Å². The van der Waals surface area contributed by atoms with Crippen LogP contribution in [-0.2, 0) is 5.41 Å². The Balaban J connectivity index is 1.07. The van der Waals surface area contributed by atoms with Crippen molar-refractivity contribution in [3.05, 3.63) is 247 Å². The van der Waals surface area contributed by atoms with Gasteiger partial charge in [0.15, 0.2) is 5.82 Å². The highest BCUT2D eigenvalue weighted by molar-refractivity contribution is 7.99. The first-order chi connectivity index (χ1) is 31.7. The van der Waals surface area contributed by atoms with E-state index in [1.54, 1.807) is 0 Å². The second-order valence-electron chi connectivity index (χ2n) is 16.7. The van der Waals surface area contributed by atoms with Crippen LogP contribution in [0.5, 0.6) is 0 Å². The maximum Gasteiger partial charge on any atom is 0.160 e. The van der Waals surface area contributed by atoms with Crippen LogP contribution in [0.15, 0.2) is 234 Å². The van der Waals surface area contributed by atoms with Crippen molar-refractivity contribution in [1.29, 1.82) is 0 Å². The van der Waals surface area contributed by atoms with E-state index in [4.69, 9.17) is 15.0 Å². The zero-order valence-corrected chi connectivity index (χ0v) is 35.4. The van der Waals surface area contributed by atoms with Crippen LogP contribution >= 0.6 is 11.8 Å². The molecule has 11 aromatic rings. The van der Waals surface area contributed by atoms with Crippen LogP contribution in [-0.4, -0.2) is 15.0 Å². The summed E-state index contributed by atoms with van der Waals surface area (Å²) in [5.41, 5.74) is 17.5. The number of fused-ring (bicyclic) bond motifs is 12. The molecule has 0 saturated heterocycles. The Hall–Kier alpha value is -7.92. The van der Waals surface area contributed by atoms with Crippen LogP contribution < -0.4 is 0 Å². The predicted octanol–water partition coefficient (Wildman–Crippen LogP) is 15.3. The molecule has 4 heteroatoms. The molecule has 9 aromatic carbocycles. The number of benzene rings is 9. The quantitative estimate of drug-likeness (QED) is 0.162. The Bertz CT molecular complexity index is 3580. The molecule has 0 atom stereocenters. The molecule has 0 saturated carbocycles. The van der Waals surface area contributed by atoms with Crippen molar-refractivity contribution in [2.45, 2.75) is 15.2 Å². The molecule has 3 nitrogen and oxygen atoms in total. The maximum absolute atomic E-state index is 5.48. The molecular formula is C60H37N3S. The Morgan fingerprint density at radius 2 is 0.844 bits per heavy atom. The Labute approximate surface area is 375 Å². The topological polar surface area (TPSA) is 38.7 Å². The van der Waals surface area contributed by atoms with Gasteiger partial charge < -0.3 is 0 Å². The first-order valence-corrected chi connectivity index (χ1v) is 22.6. The van der Waals surface area contributed by atoms with Crippen molar-refractivity contribution in [3.63, 3.8) is 0 Å². The van der Waals surface area contributed by atoms with Gasteiger partial charge in [-0.2, -0.15) is 0 Å². The highest BCUT2D eigenvalue weighted by atomic mass is 32.2. The van der Waals surface area contributed by atoms with Crippen molar-refractivity contribution in [2.75, 3.05) is 0 Å². The Morgan fingerprint density at radius 3 is 1.53 bits per heavy atom. The SMILES string of the molecule is c1ccc(-c2ccc(-c3cc(-c4ccc5nc(-c6ccccc6)c6cc7c(cc6c5c4)C4(c5ccccc5S7)c5ccccc5-c5ccccc54)nc(-c4ccccc4)n3)cc2)cc1. The molecule has 1 aliphatic carbocycles. The average Bonchev–Trinajstić information content (AvgIpc) is 3.66. The minimum atomic E-state index is -0.499. The number of pyridine rings is 1. The van der Waals surface area contributed by atoms with Crippen molar-refractivity contribution in [2.24, 2.45) is 0 Å². The van der Waals surface area contributed by atoms with Gasteiger partial charge in [-0.15, -0.1) is 0 Å². The third-order valence-electron chi connectivity index (χ3n) is 13.2. The molecule has 1 spiro atoms. The lowest BCUT2D eigenvalue weighted by Gasteiger charge is -2.40. The van der Waals surface area contributed by atoms with Crippen molar-refractivity contribution < 1.29 is 0 Å². The van der Waals surface area contributed by atoms with Gasteiger partial charge in [-0.05, 0) is 86.3 Å². The van der Waals surface area contributed by atoms with Gasteiger partial charge in [0, 0.05) is 42.8 Å². The molecule has 0 radical (unpaired) electrons. The summed E-state index contributed by atoms with van der Waals surface area (Å²) >= 11 is 1.87. The predicted molar refractivity (Wildman–Crippen MR) is 263 cm³/mol. The maximum atomic E-state index is 5.48. The van der Waals surface area contributed by atoms with Gasteiger partial charge in [0.05, 0.1) is 28.0 Å². The van der Waals surface area contributed by atoms with Crippen LogP contribution in [0, 0.1) is 0 Å². The summed E-state index contributed by atoms with van der Waals surface area (Å²) in [5.74, 6) is 0.688. The van der Waals surface area contributed by atoms with E-state index >= 15 is 0 Å². The molecule has 2 aromatic heterocycles. The molecule has 2 aliphatic rings. The third kappa shape index (κ3) is 5.66. The summed E-state index contributed by atoms with van der Waals surface area (Å²) in [6.07, 6.45) is 0. The summed E-state index contributed by atoms with van der Waals surface area (Å²) in [6.45, 7) is 0. The molecular weight excluding hydrogens is 795 g/mol. The monoisotopic (exact) mass is 831 g/mol. The van der Waals surface area contributed by atoms with Crippen molar-refractivity contribution in [3.8, 4) is 67.4 Å². The number of nitrogens with zero attached hydrogens (tertiary/aromatic N) is 3. The lowest BCUT2D eigenvalue weighted by molar-refractivity contribution is 0.724. The second-order valence-corrected chi connectivity index (χ2v) is 17.7. The standard InChI is InChI=1S/C60H37N3S/c1-4-16-38(17-5-1)39-28-30-40(31-29-39)54-37-55(63-59(62-54)42-20-8-3-9-21-42)43-32-33-53-47(34-43)46-35-52-57(36-48(46)58(61-53)41-18-6-2-7-19-41)64-56-27-15-14-26-51(56)60(52)49-24-12-10-22-44(49)45-23-11-13-25-50(45)60/h1-37H. The summed E-state index contributed by atoms with van der Waals surface area (Å²) in [5, 5.41) is 3.38. The lowest BCUT2D eigenvalue weighted by atomic mass is 9.67. The largest absolute Gasteiger partial charge is 0.247 e. The fraction of sp³-hybridized carbons (Fsp3) is 0.0167. The zero-order valence-electron chi connectivity index (χ0n) is 34.6. The van der Waals surface area contributed by atoms with Crippen molar-refractivity contribution in [1.82, 2.24) is 15.0 Å². The average molecular weight is 832 g/mol. The van der Waals surface area contributed by atoms with Crippen LogP contribution in [0.4, 0.5) is 0 Å². The van der Waals surface area contributed by atoms with E-state index in [9.17, 15) is 0 Å². The lowest BCUT2D eigenvalue weighted by Crippen LogP contribution is -2.32. The normalized spacial score (nSPS) is 13.1. The van der Waals surface area contributed by atoms with E-state index in [2.05, 4.69) is 206 Å². The van der Waals surface area contributed by atoms with E-state index in [1.165, 1.54) is 59.7 Å². The summed E-state index contributed by atoms with van der Waals surface area (Å²) in [7, 11) is 0. The summed E-state index contributed by atoms with van der Waals surface area (Å²) < 4.78 is 0. The molecule has 64 heavy (non-hydrogen) atoms. The smallest absolute Gasteiger partial charge is 0.160 e. The third-order valence-corrected chi connectivity index (χ3v) is 14.3. The van der Waals surface area contributed by atoms with E-state index in [0.717, 1.165) is 55.6 Å². The Morgan fingerprint density at radius 1 is 0.312 bits per heavy atom. The van der Waals surface area contributed by atoms with E-state index in [0.29, 0.717) is 5.82 Å². The molecule has 0 unspecified atom stereocenters. The summed E-state index contributed by atoms with van der Waals surface area (Å²) in [4.78, 5) is 18.5. The first-order valence-electron chi connectivity index (χ1n) is 21.8. The van der Waals surface area contributed by atoms with Gasteiger partial charge in [0.2, 0.25) is 0 Å². The van der Waals surface area contributed by atoms with Gasteiger partial charge in [0.25, 0.3) is 0 Å². The summed E-state index contributed by atoms with van der Waals surface area (Å²) in [6, 6.07) is 80.9. The van der Waals surface area contributed by atoms with Gasteiger partial charge in [0.1, 0.15) is 0 Å². The molecule has 0 bridgehead atoms. The molecule has 0 amide bonds. The first kappa shape index (κ1) is 36.7. The van der Waals surface area contributed by atoms with Crippen LogP contribution in [0.2, 0.25) is 0 Å². The highest BCUT2D eigenvalue weighted by Crippen LogP contribution is 2.62. The fourth-order valence-electron chi connectivity index (χ4n) is 10.2. The van der Waals surface area contributed by atoms with Crippen LogP contribution in [0.3, 0.4) is 0 Å². The molecule has 3 heterocycles. The van der Waals surface area contributed by atoms with E-state index in [1.807, 2.05) is 30.0 Å². The van der Waals surface area contributed by atoms with Gasteiger partial charge >= 0.3 is 0 Å². The van der Waals surface area contributed by atoms with Gasteiger partial charge in [-0.3, -0.25) is 0 Å². The zero-order chi connectivity index (χ0) is 42.2. The molecule has 1 aliphatic heterocycles. The second kappa shape index (κ2) is 14.6. The van der Waals surface area contributed by atoms with Crippen molar-refractivity contribution >= 4 is 33.4 Å². The highest BCUT2D eigenvalue weighted by Gasteiger charge is 2.50. The van der Waals surface area contributed by atoms with Gasteiger partial charge in [-0.25, -0.2) is 15.0 Å².